The Morgan fingerprint density at radius 1 is 1.35 bits per heavy atom. The Balaban J connectivity index is 2.31. The van der Waals surface area contributed by atoms with Crippen LogP contribution in [0.1, 0.15) is 5.56 Å². The van der Waals surface area contributed by atoms with Gasteiger partial charge in [-0.15, -0.1) is 0 Å². The summed E-state index contributed by atoms with van der Waals surface area (Å²) in [6, 6.07) is 6.44. The molecule has 0 atom stereocenters. The van der Waals surface area contributed by atoms with Gasteiger partial charge in [0.1, 0.15) is 11.6 Å². The van der Waals surface area contributed by atoms with Gasteiger partial charge in [0.15, 0.2) is 0 Å². The van der Waals surface area contributed by atoms with Crippen LogP contribution >= 0.6 is 11.6 Å². The summed E-state index contributed by atoms with van der Waals surface area (Å²) in [4.78, 5) is 4.00. The molecule has 0 saturated carbocycles. The Morgan fingerprint density at radius 2 is 2.12 bits per heavy atom. The lowest BCUT2D eigenvalue weighted by Gasteiger charge is -2.09. The van der Waals surface area contributed by atoms with Crippen molar-refractivity contribution in [2.75, 3.05) is 11.1 Å². The molecule has 1 aromatic heterocycles. The van der Waals surface area contributed by atoms with E-state index in [0.29, 0.717) is 22.2 Å². The molecule has 0 spiro atoms. The lowest BCUT2D eigenvalue weighted by molar-refractivity contribution is 0.630. The summed E-state index contributed by atoms with van der Waals surface area (Å²) in [5.41, 5.74) is 7.16. The summed E-state index contributed by atoms with van der Waals surface area (Å²) < 4.78 is 13.6. The third kappa shape index (κ3) is 2.65. The average Bonchev–Trinajstić information content (AvgIpc) is 2.25. The van der Waals surface area contributed by atoms with E-state index in [0.717, 1.165) is 5.56 Å². The first kappa shape index (κ1) is 11.7. The van der Waals surface area contributed by atoms with Crippen molar-refractivity contribution < 1.29 is 4.39 Å². The van der Waals surface area contributed by atoms with Crippen LogP contribution < -0.4 is 11.1 Å². The number of halogens is 2. The number of aromatic nitrogens is 1. The summed E-state index contributed by atoms with van der Waals surface area (Å²) in [5, 5.41) is 3.17. The van der Waals surface area contributed by atoms with Gasteiger partial charge in [-0.25, -0.2) is 9.37 Å². The zero-order valence-electron chi connectivity index (χ0n) is 9.17. The normalized spacial score (nSPS) is 10.3. The third-order valence-electron chi connectivity index (χ3n) is 2.24. The molecule has 0 radical (unpaired) electrons. The van der Waals surface area contributed by atoms with Crippen LogP contribution in [-0.2, 0) is 0 Å². The van der Waals surface area contributed by atoms with E-state index in [1.54, 1.807) is 18.2 Å². The van der Waals surface area contributed by atoms with Gasteiger partial charge in [-0.1, -0.05) is 17.7 Å². The van der Waals surface area contributed by atoms with Gasteiger partial charge >= 0.3 is 0 Å². The van der Waals surface area contributed by atoms with Crippen molar-refractivity contribution in [1.29, 1.82) is 0 Å². The van der Waals surface area contributed by atoms with Gasteiger partial charge in [-0.05, 0) is 30.7 Å². The highest BCUT2D eigenvalue weighted by atomic mass is 35.5. The highest BCUT2D eigenvalue weighted by Crippen LogP contribution is 2.26. The van der Waals surface area contributed by atoms with Crippen LogP contribution in [0.15, 0.2) is 30.5 Å². The van der Waals surface area contributed by atoms with E-state index in [1.165, 1.54) is 12.3 Å². The van der Waals surface area contributed by atoms with Crippen LogP contribution in [0.4, 0.5) is 21.6 Å². The van der Waals surface area contributed by atoms with Crippen molar-refractivity contribution >= 4 is 28.8 Å². The van der Waals surface area contributed by atoms with Gasteiger partial charge in [-0.2, -0.15) is 0 Å². The minimum absolute atomic E-state index is 0.328. The Kier molecular flexibility index (Phi) is 3.15. The van der Waals surface area contributed by atoms with E-state index in [4.69, 9.17) is 17.3 Å². The number of pyridine rings is 1. The smallest absolute Gasteiger partial charge is 0.149 e. The molecule has 0 aliphatic rings. The first-order chi connectivity index (χ1) is 8.06. The van der Waals surface area contributed by atoms with Crippen LogP contribution in [0, 0.1) is 12.7 Å². The Labute approximate surface area is 103 Å². The maximum Gasteiger partial charge on any atom is 0.149 e. The van der Waals surface area contributed by atoms with Gasteiger partial charge in [0.05, 0.1) is 22.6 Å². The molecular weight excluding hydrogens is 241 g/mol. The van der Waals surface area contributed by atoms with Crippen LogP contribution in [0.25, 0.3) is 0 Å². The van der Waals surface area contributed by atoms with E-state index in [-0.39, 0.29) is 5.82 Å². The first-order valence-corrected chi connectivity index (χ1v) is 5.38. The fraction of sp³-hybridized carbons (Fsp3) is 0.0833. The Morgan fingerprint density at radius 3 is 2.76 bits per heavy atom. The molecular formula is C12H11ClFN3. The molecule has 17 heavy (non-hydrogen) atoms. The number of nitrogens with two attached hydrogens (primary N) is 1. The number of benzene rings is 1. The van der Waals surface area contributed by atoms with E-state index >= 15 is 0 Å². The molecule has 2 aromatic rings. The fourth-order valence-electron chi connectivity index (χ4n) is 1.39. The number of hydrogen-bond acceptors (Lipinski definition) is 3. The van der Waals surface area contributed by atoms with Crippen molar-refractivity contribution in [2.24, 2.45) is 0 Å². The molecule has 0 unspecified atom stereocenters. The van der Waals surface area contributed by atoms with Crippen LogP contribution in [0.3, 0.4) is 0 Å². The Bertz CT molecular complexity index is 508. The molecule has 5 heteroatoms. The zero-order valence-corrected chi connectivity index (χ0v) is 9.92. The number of aryl methyl sites for hydroxylation is 1. The second-order valence-electron chi connectivity index (χ2n) is 3.71. The van der Waals surface area contributed by atoms with Crippen molar-refractivity contribution in [3.63, 3.8) is 0 Å². The van der Waals surface area contributed by atoms with Crippen molar-refractivity contribution in [3.05, 3.63) is 46.9 Å². The summed E-state index contributed by atoms with van der Waals surface area (Å²) in [6.45, 7) is 1.82. The highest BCUT2D eigenvalue weighted by Gasteiger charge is 2.06. The monoisotopic (exact) mass is 251 g/mol. The molecule has 3 N–H and O–H groups in total. The van der Waals surface area contributed by atoms with Crippen molar-refractivity contribution in [3.8, 4) is 0 Å². The van der Waals surface area contributed by atoms with Crippen LogP contribution in [0.2, 0.25) is 5.02 Å². The van der Waals surface area contributed by atoms with Gasteiger partial charge in [0.2, 0.25) is 0 Å². The minimum Gasteiger partial charge on any atom is -0.397 e. The molecule has 3 nitrogen and oxygen atoms in total. The third-order valence-corrected chi connectivity index (χ3v) is 2.53. The summed E-state index contributed by atoms with van der Waals surface area (Å²) >= 11 is 5.94. The maximum absolute atomic E-state index is 13.6. The summed E-state index contributed by atoms with van der Waals surface area (Å²) in [6.07, 6.45) is 1.46. The highest BCUT2D eigenvalue weighted by molar-refractivity contribution is 6.33. The molecule has 0 bridgehead atoms. The maximum atomic E-state index is 13.6. The van der Waals surface area contributed by atoms with Gasteiger partial charge in [-0.3, -0.25) is 0 Å². The van der Waals surface area contributed by atoms with E-state index in [1.807, 2.05) is 6.92 Å². The predicted octanol–water partition coefficient (Wildman–Crippen LogP) is 3.51. The SMILES string of the molecule is Cc1ccc(Nc2ncc(N)cc2Cl)c(F)c1. The number of anilines is 3. The molecule has 1 aromatic carbocycles. The molecule has 88 valence electrons. The van der Waals surface area contributed by atoms with Gasteiger partial charge < -0.3 is 11.1 Å². The van der Waals surface area contributed by atoms with Crippen molar-refractivity contribution in [2.45, 2.75) is 6.92 Å². The summed E-state index contributed by atoms with van der Waals surface area (Å²) in [7, 11) is 0. The molecule has 2 rings (SSSR count). The number of rotatable bonds is 2. The second-order valence-corrected chi connectivity index (χ2v) is 4.11. The first-order valence-electron chi connectivity index (χ1n) is 5.00. The lowest BCUT2D eigenvalue weighted by Crippen LogP contribution is -1.98. The van der Waals surface area contributed by atoms with Crippen LogP contribution in [-0.4, -0.2) is 4.98 Å². The fourth-order valence-corrected chi connectivity index (χ4v) is 1.62. The standard InChI is InChI=1S/C12H11ClFN3/c1-7-2-3-11(10(14)4-7)17-12-9(13)5-8(15)6-16-12/h2-6H,15H2,1H3,(H,16,17). The molecule has 0 fully saturated rings. The van der Waals surface area contributed by atoms with E-state index in [9.17, 15) is 4.39 Å². The molecule has 0 aliphatic carbocycles. The topological polar surface area (TPSA) is 50.9 Å². The summed E-state index contributed by atoms with van der Waals surface area (Å²) in [5.74, 6) is 0.0308. The van der Waals surface area contributed by atoms with Crippen molar-refractivity contribution in [1.82, 2.24) is 4.98 Å². The van der Waals surface area contributed by atoms with E-state index < -0.39 is 0 Å². The van der Waals surface area contributed by atoms with Crippen LogP contribution in [0.5, 0.6) is 0 Å². The number of nitrogens with zero attached hydrogens (tertiary/aromatic N) is 1. The Hall–Kier alpha value is -1.81. The lowest BCUT2D eigenvalue weighted by atomic mass is 10.2. The quantitative estimate of drug-likeness (QED) is 0.859. The molecule has 0 amide bonds. The van der Waals surface area contributed by atoms with Gasteiger partial charge in [0, 0.05) is 0 Å². The predicted molar refractivity (Wildman–Crippen MR) is 68.1 cm³/mol. The molecule has 1 heterocycles. The number of hydrogen-bond donors (Lipinski definition) is 2. The van der Waals surface area contributed by atoms with E-state index in [2.05, 4.69) is 10.3 Å². The minimum atomic E-state index is -0.348. The molecule has 0 saturated heterocycles. The number of nitrogens with one attached hydrogen (secondary N) is 1. The zero-order chi connectivity index (χ0) is 12.4. The second kappa shape index (κ2) is 4.59. The molecule has 0 aliphatic heterocycles. The average molecular weight is 252 g/mol. The van der Waals surface area contributed by atoms with Gasteiger partial charge in [0.25, 0.3) is 0 Å². The largest absolute Gasteiger partial charge is 0.397 e. The number of nitrogen functional groups attached to an aromatic ring is 1.